The van der Waals surface area contributed by atoms with E-state index in [0.29, 0.717) is 9.52 Å². The fraction of sp³-hybridized carbons (Fsp3) is 0.800. The van der Waals surface area contributed by atoms with Crippen LogP contribution in [0.15, 0.2) is 12.3 Å². The number of hydrogen-bond donors (Lipinski definition) is 1. The van der Waals surface area contributed by atoms with Gasteiger partial charge in [0.1, 0.15) is 0 Å². The Bertz CT molecular complexity index is 159. The van der Waals surface area contributed by atoms with E-state index in [-0.39, 0.29) is 0 Å². The molecule has 0 aliphatic carbocycles. The van der Waals surface area contributed by atoms with Crippen molar-refractivity contribution in [2.24, 2.45) is 0 Å². The molecule has 1 N–H and O–H groups in total. The van der Waals surface area contributed by atoms with Gasteiger partial charge in [0.05, 0.1) is 17.6 Å². The van der Waals surface area contributed by atoms with Crippen LogP contribution < -0.4 is 0 Å². The van der Waals surface area contributed by atoms with Gasteiger partial charge in [0, 0.05) is 5.22 Å². The van der Waals surface area contributed by atoms with Gasteiger partial charge in [0.15, 0.2) is 0 Å². The summed E-state index contributed by atoms with van der Waals surface area (Å²) in [5.74, 6) is 0. The lowest BCUT2D eigenvalue weighted by Gasteiger charge is -2.19. The van der Waals surface area contributed by atoms with Crippen LogP contribution in [0, 0.1) is 0 Å². The third kappa shape index (κ3) is 8.46. The van der Waals surface area contributed by atoms with E-state index in [9.17, 15) is 5.11 Å². The van der Waals surface area contributed by atoms with Gasteiger partial charge in [0.25, 0.3) is 0 Å². The molecule has 0 aromatic heterocycles. The zero-order valence-electron chi connectivity index (χ0n) is 9.35. The minimum atomic E-state index is -1.09. The minimum Gasteiger partial charge on any atom is -0.395 e. The van der Waals surface area contributed by atoms with E-state index >= 15 is 0 Å². The summed E-state index contributed by atoms with van der Waals surface area (Å²) in [7, 11) is -0.415. The second-order valence-corrected chi connectivity index (χ2v) is 11.7. The fourth-order valence-electron chi connectivity index (χ4n) is 1.04. The van der Waals surface area contributed by atoms with E-state index < -0.39 is 13.3 Å². The molecule has 0 heterocycles. The van der Waals surface area contributed by atoms with Crippen LogP contribution in [0.5, 0.6) is 0 Å². The van der Waals surface area contributed by atoms with Crippen LogP contribution in [0.4, 0.5) is 0 Å². The van der Waals surface area contributed by atoms with Crippen molar-refractivity contribution in [2.45, 2.75) is 50.7 Å². The first-order valence-electron chi connectivity index (χ1n) is 4.88. The van der Waals surface area contributed by atoms with Gasteiger partial charge in [-0.05, 0) is 13.8 Å². The molecule has 0 aliphatic heterocycles. The van der Waals surface area contributed by atoms with Crippen LogP contribution in [-0.4, -0.2) is 27.9 Å². The van der Waals surface area contributed by atoms with E-state index in [1.54, 1.807) is 0 Å². The molecule has 2 radical (unpaired) electrons. The molecule has 13 heavy (non-hydrogen) atoms. The van der Waals surface area contributed by atoms with Gasteiger partial charge >= 0.3 is 0 Å². The molecule has 0 rings (SSSR count). The summed E-state index contributed by atoms with van der Waals surface area (Å²) in [5.41, 5.74) is 2.15. The molecule has 0 unspecified atom stereocenters. The molecule has 0 aromatic rings. The van der Waals surface area contributed by atoms with Gasteiger partial charge in [-0.3, -0.25) is 0 Å². The van der Waals surface area contributed by atoms with Gasteiger partial charge < -0.3 is 5.11 Å². The first-order valence-corrected chi connectivity index (χ1v) is 9.37. The summed E-state index contributed by atoms with van der Waals surface area (Å²) < 4.78 is 0. The maximum atomic E-state index is 9.51. The monoisotopic (exact) mass is 214 g/mol. The summed E-state index contributed by atoms with van der Waals surface area (Å²) in [4.78, 5) is 0. The highest BCUT2D eigenvalue weighted by molar-refractivity contribution is 6.82. The smallest absolute Gasteiger partial charge is 0.0811 e. The van der Waals surface area contributed by atoms with Crippen molar-refractivity contribution in [3.05, 3.63) is 12.3 Å². The van der Waals surface area contributed by atoms with E-state index in [2.05, 4.69) is 25.4 Å². The van der Waals surface area contributed by atoms with E-state index in [1.165, 1.54) is 12.5 Å². The molecule has 1 nitrogen and oxygen atoms in total. The number of aliphatic hydroxyl groups is 1. The molecule has 0 amide bonds. The Balaban J connectivity index is 3.52. The highest BCUT2D eigenvalue weighted by Crippen LogP contribution is 2.15. The highest BCUT2D eigenvalue weighted by atomic mass is 28.3. The van der Waals surface area contributed by atoms with E-state index in [0.717, 1.165) is 6.04 Å². The zero-order chi connectivity index (χ0) is 10.5. The zero-order valence-corrected chi connectivity index (χ0v) is 11.4. The van der Waals surface area contributed by atoms with Crippen LogP contribution in [-0.2, 0) is 0 Å². The van der Waals surface area contributed by atoms with Crippen LogP contribution in [0.25, 0.3) is 0 Å². The molecular formula is C10H22OSi2. The molecule has 0 bridgehead atoms. The average molecular weight is 214 g/mol. The Morgan fingerprint density at radius 1 is 1.46 bits per heavy atom. The van der Waals surface area contributed by atoms with Crippen molar-refractivity contribution >= 4 is 17.6 Å². The molecular weight excluding hydrogens is 192 g/mol. The molecule has 3 heteroatoms. The van der Waals surface area contributed by atoms with E-state index in [4.69, 9.17) is 0 Å². The predicted octanol–water partition coefficient (Wildman–Crippen LogP) is 2.66. The average Bonchev–Trinajstić information content (AvgIpc) is 1.97. The Kier molecular flexibility index (Phi) is 5.18. The minimum absolute atomic E-state index is 0.458. The maximum absolute atomic E-state index is 9.51. The summed E-state index contributed by atoms with van der Waals surface area (Å²) in [5, 5.41) is 9.05. The standard InChI is InChI=1S/C10H22OSi2/c1-6-13(4,5)9-7-8-12-10(2,3)11/h6,11H,1,7-9H2,2-5H3. The lowest BCUT2D eigenvalue weighted by molar-refractivity contribution is 0.165. The molecule has 0 spiro atoms. The summed E-state index contributed by atoms with van der Waals surface area (Å²) >= 11 is 0. The van der Waals surface area contributed by atoms with Gasteiger partial charge in [-0.2, -0.15) is 0 Å². The van der Waals surface area contributed by atoms with Gasteiger partial charge in [0.2, 0.25) is 0 Å². The third-order valence-corrected chi connectivity index (χ3v) is 6.32. The largest absolute Gasteiger partial charge is 0.395 e. The van der Waals surface area contributed by atoms with Crippen molar-refractivity contribution < 1.29 is 5.11 Å². The topological polar surface area (TPSA) is 20.2 Å². The van der Waals surface area contributed by atoms with Crippen molar-refractivity contribution in [3.63, 3.8) is 0 Å². The highest BCUT2D eigenvalue weighted by Gasteiger charge is 2.17. The van der Waals surface area contributed by atoms with E-state index in [1.807, 2.05) is 13.8 Å². The summed E-state index contributed by atoms with van der Waals surface area (Å²) in [6.45, 7) is 12.3. The second-order valence-electron chi connectivity index (χ2n) is 4.78. The molecule has 0 fully saturated rings. The first-order chi connectivity index (χ1) is 5.77. The van der Waals surface area contributed by atoms with Crippen molar-refractivity contribution in [3.8, 4) is 0 Å². The molecule has 0 saturated carbocycles. The second kappa shape index (κ2) is 5.12. The lowest BCUT2D eigenvalue weighted by atomic mass is 10.5. The number of hydrogen-bond acceptors (Lipinski definition) is 1. The van der Waals surface area contributed by atoms with Crippen LogP contribution in [0.1, 0.15) is 20.3 Å². The summed E-state index contributed by atoms with van der Waals surface area (Å²) in [6, 6.07) is 2.47. The van der Waals surface area contributed by atoms with Gasteiger partial charge in [-0.1, -0.05) is 31.6 Å². The van der Waals surface area contributed by atoms with Crippen LogP contribution >= 0.6 is 0 Å². The van der Waals surface area contributed by atoms with Crippen LogP contribution in [0.3, 0.4) is 0 Å². The first kappa shape index (κ1) is 13.1. The van der Waals surface area contributed by atoms with Gasteiger partial charge in [-0.25, -0.2) is 0 Å². The molecule has 0 aliphatic rings. The predicted molar refractivity (Wildman–Crippen MR) is 64.0 cm³/mol. The van der Waals surface area contributed by atoms with Crippen LogP contribution in [0.2, 0.25) is 25.2 Å². The maximum Gasteiger partial charge on any atom is 0.0811 e. The summed E-state index contributed by atoms with van der Waals surface area (Å²) in [6.07, 6.45) is 1.24. The Labute approximate surface area is 86.1 Å². The van der Waals surface area contributed by atoms with Crippen molar-refractivity contribution in [1.29, 1.82) is 0 Å². The Hall–Kier alpha value is 0.134. The van der Waals surface area contributed by atoms with Crippen molar-refractivity contribution in [2.75, 3.05) is 0 Å². The van der Waals surface area contributed by atoms with Gasteiger partial charge in [-0.15, -0.1) is 12.3 Å². The quantitative estimate of drug-likeness (QED) is 0.532. The lowest BCUT2D eigenvalue weighted by Crippen LogP contribution is -2.28. The number of rotatable bonds is 6. The third-order valence-electron chi connectivity index (χ3n) is 2.11. The SMILES string of the molecule is C=C[Si](C)(C)CCC[Si]C(C)(C)O. The molecule has 0 atom stereocenters. The van der Waals surface area contributed by atoms with Crippen molar-refractivity contribution in [1.82, 2.24) is 0 Å². The fourth-order valence-corrected chi connectivity index (χ4v) is 3.65. The molecule has 0 aromatic carbocycles. The molecule has 0 saturated heterocycles. The normalized spacial score (nSPS) is 13.0. The Morgan fingerprint density at radius 3 is 2.38 bits per heavy atom. The molecule has 76 valence electrons. The Morgan fingerprint density at radius 2 is 2.00 bits per heavy atom.